The molecule has 0 aromatic carbocycles. The maximum absolute atomic E-state index is 5.59. The van der Waals surface area contributed by atoms with Gasteiger partial charge in [-0.3, -0.25) is 0 Å². The number of hydrogen-bond acceptors (Lipinski definition) is 5. The lowest BCUT2D eigenvalue weighted by Crippen LogP contribution is -2.37. The fourth-order valence-electron chi connectivity index (χ4n) is 1.43. The molecule has 0 radical (unpaired) electrons. The molecule has 1 aromatic heterocycles. The van der Waals surface area contributed by atoms with Crippen LogP contribution >= 0.6 is 11.3 Å². The molecule has 1 aromatic rings. The summed E-state index contributed by atoms with van der Waals surface area (Å²) in [5.41, 5.74) is 5.51. The molecule has 0 amide bonds. The Labute approximate surface area is 81.1 Å². The molecule has 0 bridgehead atoms. The van der Waals surface area contributed by atoms with Gasteiger partial charge < -0.3 is 10.5 Å². The van der Waals surface area contributed by atoms with Crippen LogP contribution in [0.3, 0.4) is 0 Å². The second kappa shape index (κ2) is 3.59. The predicted molar refractivity (Wildman–Crippen MR) is 50.8 cm³/mol. The lowest BCUT2D eigenvalue weighted by molar-refractivity contribution is 0.0681. The summed E-state index contributed by atoms with van der Waals surface area (Å²) in [6, 6.07) is 0. The summed E-state index contributed by atoms with van der Waals surface area (Å²) in [6.07, 6.45) is 2.45. The molecule has 5 heteroatoms. The number of rotatable bonds is 3. The van der Waals surface area contributed by atoms with Crippen molar-refractivity contribution in [1.29, 1.82) is 0 Å². The van der Waals surface area contributed by atoms with Gasteiger partial charge >= 0.3 is 0 Å². The lowest BCUT2D eigenvalue weighted by Gasteiger charge is -2.33. The first-order valence-corrected chi connectivity index (χ1v) is 5.26. The summed E-state index contributed by atoms with van der Waals surface area (Å²) in [5, 5.41) is 9.43. The zero-order chi connectivity index (χ0) is 9.26. The molecular formula is C8H13N3OS. The van der Waals surface area contributed by atoms with Crippen LogP contribution in [0, 0.1) is 12.8 Å². The Balaban J connectivity index is 1.81. The minimum atomic E-state index is 0.320. The molecule has 0 spiro atoms. The zero-order valence-electron chi connectivity index (χ0n) is 7.56. The van der Waals surface area contributed by atoms with E-state index in [1.54, 1.807) is 0 Å². The van der Waals surface area contributed by atoms with Gasteiger partial charge in [0.15, 0.2) is 0 Å². The van der Waals surface area contributed by atoms with Crippen LogP contribution in [-0.2, 0) is 0 Å². The van der Waals surface area contributed by atoms with Crippen LogP contribution in [0.5, 0.6) is 5.19 Å². The molecule has 1 heterocycles. The van der Waals surface area contributed by atoms with E-state index < -0.39 is 0 Å². The highest BCUT2D eigenvalue weighted by Gasteiger charge is 2.30. The van der Waals surface area contributed by atoms with Gasteiger partial charge in [-0.05, 0) is 32.2 Å². The normalized spacial score (nSPS) is 26.9. The van der Waals surface area contributed by atoms with E-state index in [0.29, 0.717) is 17.2 Å². The quantitative estimate of drug-likeness (QED) is 0.787. The molecule has 1 aliphatic carbocycles. The fraction of sp³-hybridized carbons (Fsp3) is 0.750. The van der Waals surface area contributed by atoms with Gasteiger partial charge in [0, 0.05) is 0 Å². The minimum Gasteiger partial charge on any atom is -0.466 e. The van der Waals surface area contributed by atoms with Crippen molar-refractivity contribution in [2.24, 2.45) is 11.7 Å². The van der Waals surface area contributed by atoms with Crippen LogP contribution in [0.2, 0.25) is 0 Å². The van der Waals surface area contributed by atoms with E-state index in [9.17, 15) is 0 Å². The van der Waals surface area contributed by atoms with Crippen LogP contribution in [-0.4, -0.2) is 22.8 Å². The van der Waals surface area contributed by atoms with E-state index in [0.717, 1.165) is 24.4 Å². The van der Waals surface area contributed by atoms with Gasteiger partial charge in [0.25, 0.3) is 5.19 Å². The van der Waals surface area contributed by atoms with E-state index in [2.05, 4.69) is 10.2 Å². The highest BCUT2D eigenvalue weighted by atomic mass is 32.1. The van der Waals surface area contributed by atoms with Crippen molar-refractivity contribution in [3.63, 3.8) is 0 Å². The van der Waals surface area contributed by atoms with E-state index in [-0.39, 0.29) is 0 Å². The lowest BCUT2D eigenvalue weighted by atomic mass is 9.82. The van der Waals surface area contributed by atoms with Gasteiger partial charge in [-0.2, -0.15) is 0 Å². The van der Waals surface area contributed by atoms with E-state index in [4.69, 9.17) is 10.5 Å². The molecule has 0 aliphatic heterocycles. The van der Waals surface area contributed by atoms with E-state index in [1.165, 1.54) is 11.3 Å². The monoisotopic (exact) mass is 199 g/mol. The predicted octanol–water partition coefficient (Wildman–Crippen LogP) is 0.963. The molecule has 72 valence electrons. The van der Waals surface area contributed by atoms with Gasteiger partial charge in [0.05, 0.1) is 0 Å². The van der Waals surface area contributed by atoms with Crippen molar-refractivity contribution >= 4 is 11.3 Å². The third-order valence-corrected chi connectivity index (χ3v) is 3.03. The summed E-state index contributed by atoms with van der Waals surface area (Å²) < 4.78 is 5.59. The van der Waals surface area contributed by atoms with Crippen LogP contribution in [0.1, 0.15) is 17.8 Å². The number of aryl methyl sites for hydroxylation is 1. The van der Waals surface area contributed by atoms with Crippen molar-refractivity contribution in [3.05, 3.63) is 5.01 Å². The molecule has 4 nitrogen and oxygen atoms in total. The molecule has 1 saturated carbocycles. The minimum absolute atomic E-state index is 0.320. The van der Waals surface area contributed by atoms with Gasteiger partial charge in [-0.25, -0.2) is 0 Å². The Morgan fingerprint density at radius 3 is 2.85 bits per heavy atom. The molecule has 1 fully saturated rings. The first-order valence-electron chi connectivity index (χ1n) is 4.44. The maximum atomic E-state index is 5.59. The summed E-state index contributed by atoms with van der Waals surface area (Å²) >= 11 is 1.50. The Morgan fingerprint density at radius 2 is 2.31 bits per heavy atom. The molecule has 0 atom stereocenters. The largest absolute Gasteiger partial charge is 0.466 e. The molecule has 1 aliphatic rings. The standard InChI is InChI=1S/C8H13N3OS/c1-5-10-11-8(13-5)12-7-2-6(3-7)4-9/h6-7H,2-4,9H2,1H3. The Hall–Kier alpha value is -0.680. The van der Waals surface area contributed by atoms with Gasteiger partial charge in [0.2, 0.25) is 0 Å². The number of nitrogens with zero attached hydrogens (tertiary/aromatic N) is 2. The van der Waals surface area contributed by atoms with Crippen LogP contribution in [0.25, 0.3) is 0 Å². The van der Waals surface area contributed by atoms with E-state index >= 15 is 0 Å². The van der Waals surface area contributed by atoms with Gasteiger partial charge in [-0.1, -0.05) is 11.3 Å². The smallest absolute Gasteiger partial charge is 0.294 e. The Kier molecular flexibility index (Phi) is 2.46. The second-order valence-corrected chi connectivity index (χ2v) is 4.54. The molecule has 13 heavy (non-hydrogen) atoms. The van der Waals surface area contributed by atoms with Crippen molar-refractivity contribution in [2.45, 2.75) is 25.9 Å². The first kappa shape index (κ1) is 8.90. The molecule has 2 N–H and O–H groups in total. The van der Waals surface area contributed by atoms with Crippen LogP contribution in [0.4, 0.5) is 0 Å². The van der Waals surface area contributed by atoms with Gasteiger partial charge in [0.1, 0.15) is 11.1 Å². The summed E-state index contributed by atoms with van der Waals surface area (Å²) in [5.74, 6) is 0.652. The van der Waals surface area contributed by atoms with Gasteiger partial charge in [-0.15, -0.1) is 10.2 Å². The third kappa shape index (κ3) is 1.97. The van der Waals surface area contributed by atoms with Crippen molar-refractivity contribution in [3.8, 4) is 5.19 Å². The fourth-order valence-corrected chi connectivity index (χ4v) is 2.03. The maximum Gasteiger partial charge on any atom is 0.294 e. The topological polar surface area (TPSA) is 61.0 Å². The Morgan fingerprint density at radius 1 is 1.54 bits per heavy atom. The highest BCUT2D eigenvalue weighted by Crippen LogP contribution is 2.31. The van der Waals surface area contributed by atoms with Crippen molar-refractivity contribution in [1.82, 2.24) is 10.2 Å². The third-order valence-electron chi connectivity index (χ3n) is 2.30. The summed E-state index contributed by atoms with van der Waals surface area (Å²) in [4.78, 5) is 0. The molecule has 2 rings (SSSR count). The van der Waals surface area contributed by atoms with Crippen LogP contribution in [0.15, 0.2) is 0 Å². The second-order valence-electron chi connectivity index (χ2n) is 3.40. The Bertz CT molecular complexity index is 283. The average molecular weight is 199 g/mol. The van der Waals surface area contributed by atoms with Crippen molar-refractivity contribution in [2.75, 3.05) is 6.54 Å². The average Bonchev–Trinajstić information content (AvgIpc) is 2.43. The molecular weight excluding hydrogens is 186 g/mol. The van der Waals surface area contributed by atoms with Crippen LogP contribution < -0.4 is 10.5 Å². The van der Waals surface area contributed by atoms with E-state index in [1.807, 2.05) is 6.92 Å². The molecule has 0 saturated heterocycles. The summed E-state index contributed by atoms with van der Waals surface area (Å²) in [7, 11) is 0. The highest BCUT2D eigenvalue weighted by molar-refractivity contribution is 7.12. The molecule has 0 unspecified atom stereocenters. The number of aromatic nitrogens is 2. The number of ether oxygens (including phenoxy) is 1. The number of nitrogens with two attached hydrogens (primary N) is 1. The summed E-state index contributed by atoms with van der Waals surface area (Å²) in [6.45, 7) is 2.70. The number of hydrogen-bond donors (Lipinski definition) is 1. The first-order chi connectivity index (χ1) is 6.28. The SMILES string of the molecule is Cc1nnc(OC2CC(CN)C2)s1. The van der Waals surface area contributed by atoms with Crippen molar-refractivity contribution < 1.29 is 4.74 Å². The zero-order valence-corrected chi connectivity index (χ0v) is 8.38.